The van der Waals surface area contributed by atoms with E-state index in [0.29, 0.717) is 6.04 Å². The molecule has 0 bridgehead atoms. The van der Waals surface area contributed by atoms with E-state index in [9.17, 15) is 4.79 Å². The van der Waals surface area contributed by atoms with Gasteiger partial charge in [-0.3, -0.25) is 9.69 Å². The molecule has 2 unspecified atom stereocenters. The minimum Gasteiger partial charge on any atom is -0.369 e. The highest BCUT2D eigenvalue weighted by Crippen LogP contribution is 2.28. The Morgan fingerprint density at radius 2 is 1.88 bits per heavy atom. The Kier molecular flexibility index (Phi) is 4.43. The molecule has 2 rings (SSSR count). The van der Waals surface area contributed by atoms with Crippen LogP contribution in [-0.4, -0.2) is 29.9 Å². The first-order chi connectivity index (χ1) is 8.16. The zero-order valence-electron chi connectivity index (χ0n) is 11.0. The molecule has 98 valence electrons. The van der Waals surface area contributed by atoms with Crippen molar-refractivity contribution in [3.8, 4) is 0 Å². The normalized spacial score (nSPS) is 32.5. The summed E-state index contributed by atoms with van der Waals surface area (Å²) >= 11 is 0. The van der Waals surface area contributed by atoms with Crippen LogP contribution in [0.5, 0.6) is 0 Å². The highest BCUT2D eigenvalue weighted by atomic mass is 16.1. The topological polar surface area (TPSA) is 46.3 Å². The van der Waals surface area contributed by atoms with Crippen LogP contribution in [0.3, 0.4) is 0 Å². The number of hydrogen-bond acceptors (Lipinski definition) is 2. The van der Waals surface area contributed by atoms with Gasteiger partial charge in [0.05, 0.1) is 5.92 Å². The van der Waals surface area contributed by atoms with Gasteiger partial charge in [-0.15, -0.1) is 0 Å². The Morgan fingerprint density at radius 1 is 1.18 bits per heavy atom. The van der Waals surface area contributed by atoms with Gasteiger partial charge in [0.15, 0.2) is 0 Å². The van der Waals surface area contributed by atoms with E-state index >= 15 is 0 Å². The molecular formula is C14H26N2O. The predicted octanol–water partition coefficient (Wildman–Crippen LogP) is 2.15. The third-order valence-corrected chi connectivity index (χ3v) is 4.63. The van der Waals surface area contributed by atoms with Crippen molar-refractivity contribution < 1.29 is 4.79 Å². The van der Waals surface area contributed by atoms with E-state index in [-0.39, 0.29) is 11.8 Å². The average molecular weight is 238 g/mol. The van der Waals surface area contributed by atoms with Crippen LogP contribution < -0.4 is 5.73 Å². The number of carbonyl (C=O) groups is 1. The first-order valence-electron chi connectivity index (χ1n) is 7.20. The molecule has 0 aromatic heterocycles. The number of hydrogen-bond donors (Lipinski definition) is 1. The second kappa shape index (κ2) is 5.85. The van der Waals surface area contributed by atoms with Crippen molar-refractivity contribution in [3.63, 3.8) is 0 Å². The molecule has 2 atom stereocenters. The van der Waals surface area contributed by atoms with Crippen LogP contribution in [0, 0.1) is 11.8 Å². The zero-order valence-corrected chi connectivity index (χ0v) is 11.0. The molecule has 0 spiro atoms. The average Bonchev–Trinajstić information content (AvgIpc) is 2.33. The Hall–Kier alpha value is -0.570. The van der Waals surface area contributed by atoms with Gasteiger partial charge in [-0.2, -0.15) is 0 Å². The standard InChI is InChI=1S/C14H26N2O/c1-11-7-8-13(14(15)17)10-16(11)9-12-5-3-2-4-6-12/h11-13H,2-10H2,1H3,(H2,15,17). The second-order valence-electron chi connectivity index (χ2n) is 5.98. The highest BCUT2D eigenvalue weighted by molar-refractivity contribution is 5.76. The maximum absolute atomic E-state index is 11.3. The minimum absolute atomic E-state index is 0.0924. The molecule has 3 heteroatoms. The molecule has 2 fully saturated rings. The van der Waals surface area contributed by atoms with Gasteiger partial charge in [-0.1, -0.05) is 19.3 Å². The zero-order chi connectivity index (χ0) is 12.3. The number of piperidine rings is 1. The Labute approximate surface area is 105 Å². The van der Waals surface area contributed by atoms with Crippen molar-refractivity contribution in [2.75, 3.05) is 13.1 Å². The van der Waals surface area contributed by atoms with Crippen molar-refractivity contribution in [1.29, 1.82) is 0 Å². The van der Waals surface area contributed by atoms with Crippen molar-refractivity contribution in [3.05, 3.63) is 0 Å². The molecular weight excluding hydrogens is 212 g/mol. The summed E-state index contributed by atoms with van der Waals surface area (Å²) < 4.78 is 0. The molecule has 1 aliphatic heterocycles. The molecule has 3 nitrogen and oxygen atoms in total. The summed E-state index contributed by atoms with van der Waals surface area (Å²) in [5, 5.41) is 0. The smallest absolute Gasteiger partial charge is 0.221 e. The van der Waals surface area contributed by atoms with E-state index in [1.807, 2.05) is 0 Å². The van der Waals surface area contributed by atoms with Crippen molar-refractivity contribution in [2.24, 2.45) is 17.6 Å². The predicted molar refractivity (Wildman–Crippen MR) is 69.5 cm³/mol. The maximum atomic E-state index is 11.3. The summed E-state index contributed by atoms with van der Waals surface area (Å²) in [5.74, 6) is 0.846. The molecule has 0 aromatic carbocycles. The van der Waals surface area contributed by atoms with Gasteiger partial charge >= 0.3 is 0 Å². The number of nitrogens with zero attached hydrogens (tertiary/aromatic N) is 1. The van der Waals surface area contributed by atoms with Crippen LogP contribution in [0.15, 0.2) is 0 Å². The summed E-state index contributed by atoms with van der Waals surface area (Å²) in [5.41, 5.74) is 5.44. The van der Waals surface area contributed by atoms with Crippen LogP contribution in [0.1, 0.15) is 51.9 Å². The lowest BCUT2D eigenvalue weighted by Crippen LogP contribution is -2.47. The van der Waals surface area contributed by atoms with Crippen LogP contribution in [0.2, 0.25) is 0 Å². The van der Waals surface area contributed by atoms with E-state index < -0.39 is 0 Å². The van der Waals surface area contributed by atoms with Gasteiger partial charge in [0.1, 0.15) is 0 Å². The summed E-state index contributed by atoms with van der Waals surface area (Å²) in [7, 11) is 0. The van der Waals surface area contributed by atoms with Crippen LogP contribution in [0.4, 0.5) is 0 Å². The summed E-state index contributed by atoms with van der Waals surface area (Å²) in [6.07, 6.45) is 9.07. The number of rotatable bonds is 3. The van der Waals surface area contributed by atoms with Crippen molar-refractivity contribution in [1.82, 2.24) is 4.90 Å². The molecule has 1 amide bonds. The van der Waals surface area contributed by atoms with E-state index in [1.165, 1.54) is 38.6 Å². The Balaban J connectivity index is 1.86. The monoisotopic (exact) mass is 238 g/mol. The fourth-order valence-electron chi connectivity index (χ4n) is 3.37. The number of primary amides is 1. The lowest BCUT2D eigenvalue weighted by Gasteiger charge is -2.39. The molecule has 1 aliphatic carbocycles. The van der Waals surface area contributed by atoms with Gasteiger partial charge < -0.3 is 5.73 Å². The molecule has 0 radical (unpaired) electrons. The molecule has 2 N–H and O–H groups in total. The van der Waals surface area contributed by atoms with Gasteiger partial charge in [0, 0.05) is 19.1 Å². The van der Waals surface area contributed by atoms with Gasteiger partial charge in [-0.05, 0) is 38.5 Å². The third-order valence-electron chi connectivity index (χ3n) is 4.63. The van der Waals surface area contributed by atoms with E-state index in [1.54, 1.807) is 0 Å². The van der Waals surface area contributed by atoms with Gasteiger partial charge in [0.2, 0.25) is 5.91 Å². The maximum Gasteiger partial charge on any atom is 0.221 e. The first kappa shape index (κ1) is 12.9. The summed E-state index contributed by atoms with van der Waals surface area (Å²) in [6, 6.07) is 0.632. The van der Waals surface area contributed by atoms with E-state index in [0.717, 1.165) is 25.3 Å². The van der Waals surface area contributed by atoms with E-state index in [2.05, 4.69) is 11.8 Å². The summed E-state index contributed by atoms with van der Waals surface area (Å²) in [4.78, 5) is 13.8. The molecule has 0 aromatic rings. The molecule has 2 aliphatic rings. The fraction of sp³-hybridized carbons (Fsp3) is 0.929. The lowest BCUT2D eigenvalue weighted by molar-refractivity contribution is -0.124. The quantitative estimate of drug-likeness (QED) is 0.819. The minimum atomic E-state index is -0.106. The largest absolute Gasteiger partial charge is 0.369 e. The molecule has 1 saturated carbocycles. The van der Waals surface area contributed by atoms with Crippen LogP contribution in [-0.2, 0) is 4.79 Å². The van der Waals surface area contributed by atoms with Crippen LogP contribution in [0.25, 0.3) is 0 Å². The molecule has 1 saturated heterocycles. The first-order valence-corrected chi connectivity index (χ1v) is 7.20. The second-order valence-corrected chi connectivity index (χ2v) is 5.98. The number of amides is 1. The highest BCUT2D eigenvalue weighted by Gasteiger charge is 2.30. The van der Waals surface area contributed by atoms with Gasteiger partial charge in [0.25, 0.3) is 0 Å². The lowest BCUT2D eigenvalue weighted by atomic mass is 9.86. The fourth-order valence-corrected chi connectivity index (χ4v) is 3.37. The van der Waals surface area contributed by atoms with Crippen LogP contribution >= 0.6 is 0 Å². The molecule has 1 heterocycles. The number of carbonyl (C=O) groups excluding carboxylic acids is 1. The molecule has 17 heavy (non-hydrogen) atoms. The number of nitrogens with two attached hydrogens (primary N) is 1. The van der Waals surface area contributed by atoms with E-state index in [4.69, 9.17) is 5.73 Å². The summed E-state index contributed by atoms with van der Waals surface area (Å²) in [6.45, 7) is 4.37. The Bertz CT molecular complexity index is 261. The van der Waals surface area contributed by atoms with Crippen molar-refractivity contribution >= 4 is 5.91 Å². The van der Waals surface area contributed by atoms with Gasteiger partial charge in [-0.25, -0.2) is 0 Å². The van der Waals surface area contributed by atoms with Crippen molar-refractivity contribution in [2.45, 2.75) is 57.9 Å². The Morgan fingerprint density at radius 3 is 2.53 bits per heavy atom. The third kappa shape index (κ3) is 3.44. The number of likely N-dealkylation sites (tertiary alicyclic amines) is 1. The SMILES string of the molecule is CC1CCC(C(N)=O)CN1CC1CCCCC1.